The van der Waals surface area contributed by atoms with Gasteiger partial charge in [0.15, 0.2) is 0 Å². The van der Waals surface area contributed by atoms with Crippen LogP contribution in [0.3, 0.4) is 0 Å². The first-order valence-corrected chi connectivity index (χ1v) is 17.0. The van der Waals surface area contributed by atoms with Crippen molar-refractivity contribution < 1.29 is 45.5 Å². The second-order valence-corrected chi connectivity index (χ2v) is 13.6. The summed E-state index contributed by atoms with van der Waals surface area (Å²) >= 11 is 0. The molecule has 3 aliphatic rings. The Kier molecular flexibility index (Phi) is 10.2. The number of anilines is 2. The largest absolute Gasteiger partial charge is 0.573 e. The van der Waals surface area contributed by atoms with Gasteiger partial charge in [0.25, 0.3) is 17.4 Å². The normalized spacial score (nSPS) is 21.0. The summed E-state index contributed by atoms with van der Waals surface area (Å²) in [5.41, 5.74) is 1.38. The van der Waals surface area contributed by atoms with Gasteiger partial charge in [-0.1, -0.05) is 6.07 Å². The molecule has 2 N–H and O–H groups in total. The first kappa shape index (κ1) is 37.7. The van der Waals surface area contributed by atoms with Gasteiger partial charge in [-0.15, -0.1) is 13.2 Å². The number of alkyl halides is 5. The van der Waals surface area contributed by atoms with Crippen molar-refractivity contribution in [3.8, 4) is 16.9 Å². The number of carbonyl (C=O) groups excluding carboxylic acids is 3. The zero-order valence-electron chi connectivity index (χ0n) is 29.2. The first-order valence-electron chi connectivity index (χ1n) is 17.0. The van der Waals surface area contributed by atoms with Gasteiger partial charge in [0.2, 0.25) is 11.8 Å². The van der Waals surface area contributed by atoms with Gasteiger partial charge in [0, 0.05) is 69.2 Å². The van der Waals surface area contributed by atoms with E-state index in [-0.39, 0.29) is 74.7 Å². The van der Waals surface area contributed by atoms with Crippen LogP contribution in [0.1, 0.15) is 40.7 Å². The maximum atomic E-state index is 15.8. The van der Waals surface area contributed by atoms with Crippen molar-refractivity contribution >= 4 is 29.1 Å². The van der Waals surface area contributed by atoms with Crippen LogP contribution in [-0.2, 0) is 16.6 Å². The van der Waals surface area contributed by atoms with Crippen LogP contribution in [0.25, 0.3) is 11.1 Å². The monoisotopic (exact) mass is 748 g/mol. The first-order chi connectivity index (χ1) is 24.9. The molecular weight excluding hydrogens is 710 g/mol. The van der Waals surface area contributed by atoms with Crippen LogP contribution in [0, 0.1) is 19.7 Å². The lowest BCUT2D eigenvalue weighted by Gasteiger charge is -2.46. The van der Waals surface area contributed by atoms with E-state index in [1.807, 2.05) is 0 Å². The molecule has 3 amide bonds. The predicted molar refractivity (Wildman–Crippen MR) is 183 cm³/mol. The predicted octanol–water partition coefficient (Wildman–Crippen LogP) is 4.60. The van der Waals surface area contributed by atoms with Gasteiger partial charge in [0.1, 0.15) is 17.6 Å². The standard InChI is InChI=1S/C36H38F6N6O5/c1-20-21(2)33(51)45(3)18-25(20)22-4-6-24(29(16-22)53-36(40,41)42)34(52)48-11-10-30(35(38,39)19-48)47-14-12-46(13-15-47)28-8-5-23(17-26(28)37)43-27-7-9-31(49)44-32(27)50/h4-6,8,16-18,27,30,43H,7,9-15,19H2,1-3H3,(H,44,49,50). The van der Waals surface area contributed by atoms with Gasteiger partial charge >= 0.3 is 6.36 Å². The van der Waals surface area contributed by atoms with E-state index >= 15 is 13.2 Å². The molecule has 284 valence electrons. The van der Waals surface area contributed by atoms with Crippen molar-refractivity contribution in [3.05, 3.63) is 75.5 Å². The Bertz CT molecular complexity index is 1990. The van der Waals surface area contributed by atoms with Gasteiger partial charge in [0.05, 0.1) is 23.8 Å². The molecule has 4 heterocycles. The lowest BCUT2D eigenvalue weighted by Crippen LogP contribution is -2.62. The smallest absolute Gasteiger partial charge is 0.405 e. The van der Waals surface area contributed by atoms with Crippen molar-refractivity contribution in [2.24, 2.45) is 7.05 Å². The van der Waals surface area contributed by atoms with Crippen LogP contribution in [-0.4, -0.2) is 95.7 Å². The molecule has 0 spiro atoms. The van der Waals surface area contributed by atoms with E-state index in [1.165, 1.54) is 36.0 Å². The quantitative estimate of drug-likeness (QED) is 0.267. The number of carbonyl (C=O) groups is 3. The highest BCUT2D eigenvalue weighted by Gasteiger charge is 2.49. The second-order valence-electron chi connectivity index (χ2n) is 13.6. The molecule has 3 saturated heterocycles. The van der Waals surface area contributed by atoms with Gasteiger partial charge in [-0.25, -0.2) is 13.2 Å². The van der Waals surface area contributed by atoms with Crippen molar-refractivity contribution in [1.29, 1.82) is 0 Å². The fraction of sp³-hybridized carbons (Fsp3) is 0.444. The van der Waals surface area contributed by atoms with Crippen molar-refractivity contribution in [1.82, 2.24) is 19.7 Å². The minimum Gasteiger partial charge on any atom is -0.405 e. The zero-order valence-corrected chi connectivity index (χ0v) is 29.2. The molecule has 17 heteroatoms. The van der Waals surface area contributed by atoms with Gasteiger partial charge < -0.3 is 24.4 Å². The molecule has 2 unspecified atom stereocenters. The molecule has 3 aromatic rings. The number of hydrogen-bond acceptors (Lipinski definition) is 8. The fourth-order valence-electron chi connectivity index (χ4n) is 7.22. The number of aryl methyl sites for hydroxylation is 1. The summed E-state index contributed by atoms with van der Waals surface area (Å²) in [7, 11) is 1.50. The number of piperazine rings is 1. The molecule has 0 bridgehead atoms. The fourth-order valence-corrected chi connectivity index (χ4v) is 7.22. The van der Waals surface area contributed by atoms with E-state index in [2.05, 4.69) is 15.4 Å². The molecule has 2 aromatic carbocycles. The summed E-state index contributed by atoms with van der Waals surface area (Å²) in [5, 5.41) is 5.15. The number of rotatable bonds is 7. The number of benzene rings is 2. The highest BCUT2D eigenvalue weighted by atomic mass is 19.4. The third kappa shape index (κ3) is 7.99. The number of imide groups is 1. The Balaban J connectivity index is 1.11. The molecular formula is C36H38F6N6O5. The summed E-state index contributed by atoms with van der Waals surface area (Å²) in [6.45, 7) is 2.83. The van der Waals surface area contributed by atoms with E-state index in [9.17, 15) is 32.3 Å². The minimum atomic E-state index is -5.18. The molecule has 0 radical (unpaired) electrons. The Morgan fingerprint density at radius 3 is 2.32 bits per heavy atom. The number of likely N-dealkylation sites (tertiary alicyclic amines) is 1. The zero-order chi connectivity index (χ0) is 38.4. The molecule has 0 saturated carbocycles. The van der Waals surface area contributed by atoms with Gasteiger partial charge in [-0.3, -0.25) is 29.4 Å². The molecule has 53 heavy (non-hydrogen) atoms. The highest BCUT2D eigenvalue weighted by Crippen LogP contribution is 2.37. The Morgan fingerprint density at radius 2 is 1.68 bits per heavy atom. The third-order valence-electron chi connectivity index (χ3n) is 10.2. The summed E-state index contributed by atoms with van der Waals surface area (Å²) in [6, 6.07) is 5.93. The highest BCUT2D eigenvalue weighted by molar-refractivity contribution is 6.01. The molecule has 0 aliphatic carbocycles. The number of halogens is 6. The number of nitrogens with one attached hydrogen (secondary N) is 2. The molecule has 3 fully saturated rings. The van der Waals surface area contributed by atoms with E-state index in [1.54, 1.807) is 29.7 Å². The summed E-state index contributed by atoms with van der Waals surface area (Å²) in [4.78, 5) is 53.5. The van der Waals surface area contributed by atoms with Crippen molar-refractivity contribution in [2.45, 2.75) is 57.5 Å². The Morgan fingerprint density at radius 1 is 0.962 bits per heavy atom. The van der Waals surface area contributed by atoms with E-state index in [0.717, 1.165) is 17.0 Å². The number of nitrogens with zero attached hydrogens (tertiary/aromatic N) is 4. The van der Waals surface area contributed by atoms with Gasteiger partial charge in [-0.05, 0) is 68.1 Å². The summed E-state index contributed by atoms with van der Waals surface area (Å²) in [5.74, 6) is -6.75. The topological polar surface area (TPSA) is 116 Å². The van der Waals surface area contributed by atoms with Crippen molar-refractivity contribution in [3.63, 3.8) is 0 Å². The number of aromatic nitrogens is 1. The maximum Gasteiger partial charge on any atom is 0.573 e. The average molecular weight is 749 g/mol. The molecule has 1 aromatic heterocycles. The van der Waals surface area contributed by atoms with Crippen LogP contribution >= 0.6 is 0 Å². The second kappa shape index (κ2) is 14.4. The van der Waals surface area contributed by atoms with E-state index in [4.69, 9.17) is 0 Å². The summed E-state index contributed by atoms with van der Waals surface area (Å²) in [6.07, 6.45) is -3.45. The van der Waals surface area contributed by atoms with Crippen LogP contribution in [0.2, 0.25) is 0 Å². The molecule has 3 aliphatic heterocycles. The van der Waals surface area contributed by atoms with Crippen LogP contribution in [0.4, 0.5) is 37.7 Å². The van der Waals surface area contributed by atoms with E-state index < -0.39 is 59.9 Å². The maximum absolute atomic E-state index is 15.8. The average Bonchev–Trinajstić information content (AvgIpc) is 3.09. The summed E-state index contributed by atoms with van der Waals surface area (Å²) < 4.78 is 92.8. The lowest BCUT2D eigenvalue weighted by molar-refractivity contribution is -0.274. The molecule has 6 rings (SSSR count). The third-order valence-corrected chi connectivity index (χ3v) is 10.2. The van der Waals surface area contributed by atoms with Gasteiger partial charge in [-0.2, -0.15) is 0 Å². The molecule has 11 nitrogen and oxygen atoms in total. The van der Waals surface area contributed by atoms with Crippen LogP contribution < -0.4 is 25.8 Å². The number of hydrogen-bond donors (Lipinski definition) is 2. The van der Waals surface area contributed by atoms with Crippen molar-refractivity contribution in [2.75, 3.05) is 49.5 Å². The van der Waals surface area contributed by atoms with Crippen LogP contribution in [0.5, 0.6) is 5.75 Å². The van der Waals surface area contributed by atoms with Crippen LogP contribution in [0.15, 0.2) is 47.4 Å². The minimum absolute atomic E-state index is 0.151. The SMILES string of the molecule is Cc1c(-c2ccc(C(=O)N3CCC(N4CCN(c5ccc(NC6CCC(=O)NC6=O)cc5F)CC4)C(F)(F)C3)c(OC(F)(F)F)c2)cn(C)c(=O)c1C. The number of pyridine rings is 1. The Labute approximate surface area is 300 Å². The number of ether oxygens (including phenoxy) is 1. The lowest BCUT2D eigenvalue weighted by atomic mass is 9.96. The van der Waals surface area contributed by atoms with E-state index in [0.29, 0.717) is 22.4 Å². The number of piperidine rings is 2. The Hall–Kier alpha value is -5.06. The molecule has 2 atom stereocenters. The number of amides is 3.